The fourth-order valence-electron chi connectivity index (χ4n) is 2.21. The van der Waals surface area contributed by atoms with Crippen LogP contribution in [0.3, 0.4) is 0 Å². The first-order valence-electron chi connectivity index (χ1n) is 6.63. The largest absolute Gasteiger partial charge is 0.478 e. The van der Waals surface area contributed by atoms with Crippen molar-refractivity contribution in [2.75, 3.05) is 11.9 Å². The Morgan fingerprint density at radius 1 is 1.42 bits per heavy atom. The summed E-state index contributed by atoms with van der Waals surface area (Å²) in [7, 11) is 1.73. The van der Waals surface area contributed by atoms with E-state index in [1.54, 1.807) is 30.1 Å². The normalized spacial score (nSPS) is 17.9. The van der Waals surface area contributed by atoms with Crippen molar-refractivity contribution in [2.45, 2.75) is 39.2 Å². The van der Waals surface area contributed by atoms with Crippen LogP contribution in [0.5, 0.6) is 5.75 Å². The summed E-state index contributed by atoms with van der Waals surface area (Å²) >= 11 is 0. The van der Waals surface area contributed by atoms with Gasteiger partial charge in [0.1, 0.15) is 5.75 Å². The van der Waals surface area contributed by atoms with E-state index in [4.69, 9.17) is 4.74 Å². The van der Waals surface area contributed by atoms with Gasteiger partial charge >= 0.3 is 0 Å². The van der Waals surface area contributed by atoms with Crippen molar-refractivity contribution in [1.29, 1.82) is 0 Å². The predicted molar refractivity (Wildman–Crippen MR) is 73.8 cm³/mol. The Kier molecular flexibility index (Phi) is 3.88. The minimum Gasteiger partial charge on any atom is -0.478 e. The first-order chi connectivity index (χ1) is 9.04. The van der Waals surface area contributed by atoms with Crippen LogP contribution in [-0.2, 0) is 4.79 Å². The van der Waals surface area contributed by atoms with Crippen LogP contribution in [-0.4, -0.2) is 24.8 Å². The minimum absolute atomic E-state index is 0.0169. The highest BCUT2D eigenvalue weighted by molar-refractivity contribution is 6.02. The fourth-order valence-corrected chi connectivity index (χ4v) is 2.21. The van der Waals surface area contributed by atoms with Gasteiger partial charge in [0.05, 0.1) is 5.69 Å². The highest BCUT2D eigenvalue weighted by Gasteiger charge is 2.31. The van der Waals surface area contributed by atoms with Gasteiger partial charge in [-0.2, -0.15) is 0 Å². The smallest absolute Gasteiger partial charge is 0.267 e. The molecule has 1 aliphatic heterocycles. The standard InChI is InChI=1S/C15H19NO3/c1-4-5-6-14-15(18)16(3)12-9-11(10(2)17)7-8-13(12)19-14/h7-9,14H,4-6H2,1-3H3. The molecular formula is C15H19NO3. The van der Waals surface area contributed by atoms with Crippen LogP contribution in [0.4, 0.5) is 5.69 Å². The van der Waals surface area contributed by atoms with Crippen molar-refractivity contribution < 1.29 is 14.3 Å². The second-order valence-corrected chi connectivity index (χ2v) is 4.88. The van der Waals surface area contributed by atoms with Crippen molar-refractivity contribution >= 4 is 17.4 Å². The lowest BCUT2D eigenvalue weighted by molar-refractivity contribution is -0.126. The summed E-state index contributed by atoms with van der Waals surface area (Å²) < 4.78 is 5.75. The monoisotopic (exact) mass is 261 g/mol. The van der Waals surface area contributed by atoms with Gasteiger partial charge in [-0.15, -0.1) is 0 Å². The van der Waals surface area contributed by atoms with E-state index in [0.29, 0.717) is 17.0 Å². The topological polar surface area (TPSA) is 46.6 Å². The number of nitrogens with zero attached hydrogens (tertiary/aromatic N) is 1. The van der Waals surface area contributed by atoms with Crippen LogP contribution in [0.1, 0.15) is 43.5 Å². The molecule has 0 radical (unpaired) electrons. The number of benzene rings is 1. The molecular weight excluding hydrogens is 242 g/mol. The number of carbonyl (C=O) groups is 2. The fraction of sp³-hybridized carbons (Fsp3) is 0.467. The molecule has 0 fully saturated rings. The maximum absolute atomic E-state index is 12.2. The van der Waals surface area contributed by atoms with Crippen LogP contribution in [0.25, 0.3) is 0 Å². The summed E-state index contributed by atoms with van der Waals surface area (Å²) in [6.45, 7) is 3.60. The first kappa shape index (κ1) is 13.6. The lowest BCUT2D eigenvalue weighted by Gasteiger charge is -2.32. The second-order valence-electron chi connectivity index (χ2n) is 4.88. The van der Waals surface area contributed by atoms with Gasteiger partial charge in [0, 0.05) is 12.6 Å². The zero-order valence-electron chi connectivity index (χ0n) is 11.6. The number of Topliss-reactive ketones (excluding diaryl/α,β-unsaturated/α-hetero) is 1. The number of likely N-dealkylation sites (N-methyl/N-ethyl adjacent to an activating group) is 1. The minimum atomic E-state index is -0.402. The molecule has 1 atom stereocenters. The zero-order valence-corrected chi connectivity index (χ0v) is 11.6. The molecule has 4 nitrogen and oxygen atoms in total. The van der Waals surface area contributed by atoms with E-state index in [0.717, 1.165) is 19.3 Å². The number of anilines is 1. The van der Waals surface area contributed by atoms with Crippen molar-refractivity contribution in [3.8, 4) is 5.75 Å². The summed E-state index contributed by atoms with van der Waals surface area (Å²) in [6, 6.07) is 5.22. The number of carbonyl (C=O) groups excluding carboxylic acids is 2. The van der Waals surface area contributed by atoms with Gasteiger partial charge in [-0.1, -0.05) is 13.3 Å². The highest BCUT2D eigenvalue weighted by Crippen LogP contribution is 2.35. The molecule has 1 amide bonds. The van der Waals surface area contributed by atoms with Crippen molar-refractivity contribution in [2.24, 2.45) is 0 Å². The van der Waals surface area contributed by atoms with E-state index in [2.05, 4.69) is 6.92 Å². The van der Waals surface area contributed by atoms with E-state index in [-0.39, 0.29) is 11.7 Å². The first-order valence-corrected chi connectivity index (χ1v) is 6.63. The Hall–Kier alpha value is -1.84. The molecule has 1 unspecified atom stereocenters. The molecule has 1 aromatic rings. The van der Waals surface area contributed by atoms with Gasteiger partial charge in [-0.25, -0.2) is 0 Å². The summed E-state index contributed by atoms with van der Waals surface area (Å²) in [5, 5.41) is 0. The third kappa shape index (κ3) is 2.62. The van der Waals surface area contributed by atoms with Gasteiger partial charge in [0.25, 0.3) is 5.91 Å². The number of rotatable bonds is 4. The van der Waals surface area contributed by atoms with E-state index in [1.807, 2.05) is 0 Å². The number of unbranched alkanes of at least 4 members (excludes halogenated alkanes) is 1. The van der Waals surface area contributed by atoms with Gasteiger partial charge in [-0.05, 0) is 38.0 Å². The predicted octanol–water partition coefficient (Wildman–Crippen LogP) is 2.80. The second kappa shape index (κ2) is 5.43. The number of fused-ring (bicyclic) bond motifs is 1. The molecule has 0 saturated carbocycles. The summed E-state index contributed by atoms with van der Waals surface area (Å²) in [5.74, 6) is 0.617. The zero-order chi connectivity index (χ0) is 14.0. The highest BCUT2D eigenvalue weighted by atomic mass is 16.5. The number of hydrogen-bond donors (Lipinski definition) is 0. The Balaban J connectivity index is 2.30. The van der Waals surface area contributed by atoms with Crippen molar-refractivity contribution in [3.63, 3.8) is 0 Å². The molecule has 0 aliphatic carbocycles. The molecule has 102 valence electrons. The van der Waals surface area contributed by atoms with Gasteiger partial charge in [0.2, 0.25) is 0 Å². The van der Waals surface area contributed by atoms with E-state index >= 15 is 0 Å². The lowest BCUT2D eigenvalue weighted by Crippen LogP contribution is -2.43. The SMILES string of the molecule is CCCCC1Oc2ccc(C(C)=O)cc2N(C)C1=O. The number of ether oxygens (including phenoxy) is 1. The molecule has 2 rings (SSSR count). The average molecular weight is 261 g/mol. The summed E-state index contributed by atoms with van der Waals surface area (Å²) in [5.41, 5.74) is 1.26. The molecule has 0 bridgehead atoms. The summed E-state index contributed by atoms with van der Waals surface area (Å²) in [4.78, 5) is 25.2. The Morgan fingerprint density at radius 3 is 2.79 bits per heavy atom. The molecule has 0 spiro atoms. The maximum Gasteiger partial charge on any atom is 0.267 e. The Morgan fingerprint density at radius 2 is 2.16 bits per heavy atom. The lowest BCUT2D eigenvalue weighted by atomic mass is 10.1. The maximum atomic E-state index is 12.2. The number of hydrogen-bond acceptors (Lipinski definition) is 3. The summed E-state index contributed by atoms with van der Waals surface area (Å²) in [6.07, 6.45) is 2.33. The Labute approximate surface area is 113 Å². The molecule has 1 heterocycles. The van der Waals surface area contributed by atoms with Crippen LogP contribution < -0.4 is 9.64 Å². The molecule has 0 saturated heterocycles. The van der Waals surface area contributed by atoms with Crippen LogP contribution in [0.2, 0.25) is 0 Å². The third-order valence-corrected chi connectivity index (χ3v) is 3.42. The Bertz CT molecular complexity index is 510. The van der Waals surface area contributed by atoms with E-state index in [1.165, 1.54) is 6.92 Å². The molecule has 1 aliphatic rings. The van der Waals surface area contributed by atoms with Gasteiger partial charge in [0.15, 0.2) is 11.9 Å². The number of amides is 1. The molecule has 4 heteroatoms. The van der Waals surface area contributed by atoms with Gasteiger partial charge in [-0.3, -0.25) is 9.59 Å². The molecule has 1 aromatic carbocycles. The third-order valence-electron chi connectivity index (χ3n) is 3.42. The molecule has 0 aromatic heterocycles. The number of ketones is 1. The molecule has 19 heavy (non-hydrogen) atoms. The van der Waals surface area contributed by atoms with E-state index < -0.39 is 6.10 Å². The van der Waals surface area contributed by atoms with E-state index in [9.17, 15) is 9.59 Å². The van der Waals surface area contributed by atoms with Crippen LogP contribution >= 0.6 is 0 Å². The average Bonchev–Trinajstić information content (AvgIpc) is 2.40. The van der Waals surface area contributed by atoms with Gasteiger partial charge < -0.3 is 9.64 Å². The van der Waals surface area contributed by atoms with Crippen molar-refractivity contribution in [3.05, 3.63) is 23.8 Å². The quantitative estimate of drug-likeness (QED) is 0.783. The van der Waals surface area contributed by atoms with Crippen LogP contribution in [0.15, 0.2) is 18.2 Å². The van der Waals surface area contributed by atoms with Crippen LogP contribution in [0, 0.1) is 0 Å². The van der Waals surface area contributed by atoms with Crippen molar-refractivity contribution in [1.82, 2.24) is 0 Å². The molecule has 0 N–H and O–H groups in total.